The normalized spacial score (nSPS) is 15.8. The number of nitrogens with zero attached hydrogens (tertiary/aromatic N) is 1. The number of anilines is 1. The second kappa shape index (κ2) is 5.51. The summed E-state index contributed by atoms with van der Waals surface area (Å²) in [6.07, 6.45) is 2.55. The molecule has 5 heteroatoms. The standard InChI is InChI=1S/C13H14BrN3O/c14-10-4-3-9(7-15)12(5-10)17-13(18)6-11(16)8-1-2-8/h3-5,8,11H,1-2,6,16H2,(H,17,18). The molecule has 0 aliphatic heterocycles. The molecule has 1 amide bonds. The summed E-state index contributed by atoms with van der Waals surface area (Å²) in [5.74, 6) is 0.359. The number of hydrogen-bond acceptors (Lipinski definition) is 3. The Kier molecular flexibility index (Phi) is 4.00. The first kappa shape index (κ1) is 13.1. The molecule has 1 aromatic carbocycles. The van der Waals surface area contributed by atoms with Crippen LogP contribution < -0.4 is 11.1 Å². The number of benzene rings is 1. The molecule has 94 valence electrons. The van der Waals surface area contributed by atoms with Crippen LogP contribution in [0.1, 0.15) is 24.8 Å². The van der Waals surface area contributed by atoms with E-state index in [9.17, 15) is 4.79 Å². The monoisotopic (exact) mass is 307 g/mol. The van der Waals surface area contributed by atoms with Crippen molar-refractivity contribution in [2.75, 3.05) is 5.32 Å². The molecule has 1 aliphatic carbocycles. The van der Waals surface area contributed by atoms with Crippen molar-refractivity contribution in [3.63, 3.8) is 0 Å². The van der Waals surface area contributed by atoms with Crippen LogP contribution in [0.2, 0.25) is 0 Å². The Morgan fingerprint density at radius 1 is 1.61 bits per heavy atom. The van der Waals surface area contributed by atoms with E-state index >= 15 is 0 Å². The molecule has 0 heterocycles. The maximum absolute atomic E-state index is 11.8. The first-order valence-electron chi connectivity index (χ1n) is 5.85. The minimum absolute atomic E-state index is 0.0670. The van der Waals surface area contributed by atoms with Crippen LogP contribution in [0.4, 0.5) is 5.69 Å². The zero-order valence-corrected chi connectivity index (χ0v) is 11.4. The predicted molar refractivity (Wildman–Crippen MR) is 72.8 cm³/mol. The van der Waals surface area contributed by atoms with Gasteiger partial charge in [0.2, 0.25) is 5.91 Å². The number of rotatable bonds is 4. The van der Waals surface area contributed by atoms with E-state index in [1.165, 1.54) is 0 Å². The van der Waals surface area contributed by atoms with Crippen molar-refractivity contribution in [1.29, 1.82) is 5.26 Å². The van der Waals surface area contributed by atoms with Crippen LogP contribution in [0, 0.1) is 17.2 Å². The van der Waals surface area contributed by atoms with Crippen molar-refractivity contribution in [3.05, 3.63) is 28.2 Å². The van der Waals surface area contributed by atoms with Gasteiger partial charge >= 0.3 is 0 Å². The fraction of sp³-hybridized carbons (Fsp3) is 0.385. The Bertz CT molecular complexity index is 505. The van der Waals surface area contributed by atoms with Crippen molar-refractivity contribution >= 4 is 27.5 Å². The number of carbonyl (C=O) groups is 1. The van der Waals surface area contributed by atoms with E-state index in [0.717, 1.165) is 17.3 Å². The summed E-state index contributed by atoms with van der Waals surface area (Å²) in [5.41, 5.74) is 6.88. The molecule has 18 heavy (non-hydrogen) atoms. The first-order chi connectivity index (χ1) is 8.60. The van der Waals surface area contributed by atoms with Crippen LogP contribution in [0.15, 0.2) is 22.7 Å². The number of nitriles is 1. The van der Waals surface area contributed by atoms with Crippen molar-refractivity contribution in [1.82, 2.24) is 0 Å². The molecule has 2 rings (SSSR count). The second-order valence-corrected chi connectivity index (χ2v) is 5.47. The lowest BCUT2D eigenvalue weighted by molar-refractivity contribution is -0.116. The summed E-state index contributed by atoms with van der Waals surface area (Å²) in [4.78, 5) is 11.8. The van der Waals surface area contributed by atoms with Crippen molar-refractivity contribution < 1.29 is 4.79 Å². The summed E-state index contributed by atoms with van der Waals surface area (Å²) in [6.45, 7) is 0. The SMILES string of the molecule is N#Cc1ccc(Br)cc1NC(=O)CC(N)C1CC1. The van der Waals surface area contributed by atoms with E-state index in [4.69, 9.17) is 11.0 Å². The highest BCUT2D eigenvalue weighted by atomic mass is 79.9. The molecule has 0 bridgehead atoms. The molecule has 4 nitrogen and oxygen atoms in total. The average Bonchev–Trinajstić information content (AvgIpc) is 3.12. The third kappa shape index (κ3) is 3.31. The van der Waals surface area contributed by atoms with Gasteiger partial charge in [-0.3, -0.25) is 4.79 Å². The lowest BCUT2D eigenvalue weighted by Crippen LogP contribution is -2.29. The van der Waals surface area contributed by atoms with Gasteiger partial charge in [-0.05, 0) is 37.0 Å². The lowest BCUT2D eigenvalue weighted by Gasteiger charge is -2.11. The zero-order chi connectivity index (χ0) is 13.1. The quantitative estimate of drug-likeness (QED) is 0.896. The fourth-order valence-electron chi connectivity index (χ4n) is 1.82. The summed E-state index contributed by atoms with van der Waals surface area (Å²) >= 11 is 3.31. The highest BCUT2D eigenvalue weighted by Crippen LogP contribution is 2.33. The van der Waals surface area contributed by atoms with Crippen LogP contribution in [0.5, 0.6) is 0 Å². The molecular formula is C13H14BrN3O. The van der Waals surface area contributed by atoms with E-state index in [1.54, 1.807) is 18.2 Å². The molecule has 0 radical (unpaired) electrons. The molecule has 3 N–H and O–H groups in total. The minimum atomic E-state index is -0.135. The van der Waals surface area contributed by atoms with Gasteiger partial charge in [0.15, 0.2) is 0 Å². The summed E-state index contributed by atoms with van der Waals surface area (Å²) in [5, 5.41) is 11.7. The molecule has 1 aromatic rings. The fourth-order valence-corrected chi connectivity index (χ4v) is 2.18. The van der Waals surface area contributed by atoms with E-state index in [1.807, 2.05) is 6.07 Å². The van der Waals surface area contributed by atoms with Gasteiger partial charge in [0.05, 0.1) is 11.3 Å². The third-order valence-corrected chi connectivity index (χ3v) is 3.52. The Morgan fingerprint density at radius 2 is 2.33 bits per heavy atom. The largest absolute Gasteiger partial charge is 0.327 e. The van der Waals surface area contributed by atoms with Gasteiger partial charge in [-0.1, -0.05) is 15.9 Å². The van der Waals surface area contributed by atoms with E-state index in [0.29, 0.717) is 23.6 Å². The number of halogens is 1. The van der Waals surface area contributed by atoms with Crippen LogP contribution in [0.25, 0.3) is 0 Å². The van der Waals surface area contributed by atoms with Gasteiger partial charge < -0.3 is 11.1 Å². The summed E-state index contributed by atoms with van der Waals surface area (Å²) in [7, 11) is 0. The Balaban J connectivity index is 2.01. The predicted octanol–water partition coefficient (Wildman–Crippen LogP) is 2.39. The summed E-state index contributed by atoms with van der Waals surface area (Å²) in [6, 6.07) is 7.14. The minimum Gasteiger partial charge on any atom is -0.327 e. The zero-order valence-electron chi connectivity index (χ0n) is 9.82. The molecular weight excluding hydrogens is 294 g/mol. The van der Waals surface area contributed by atoms with Gasteiger partial charge in [-0.15, -0.1) is 0 Å². The number of carbonyl (C=O) groups excluding carboxylic acids is 1. The van der Waals surface area contributed by atoms with Gasteiger partial charge in [0, 0.05) is 16.9 Å². The number of amides is 1. The highest BCUT2D eigenvalue weighted by molar-refractivity contribution is 9.10. The Morgan fingerprint density at radius 3 is 2.94 bits per heavy atom. The first-order valence-corrected chi connectivity index (χ1v) is 6.64. The third-order valence-electron chi connectivity index (χ3n) is 3.02. The molecule has 1 atom stereocenters. The maximum Gasteiger partial charge on any atom is 0.225 e. The van der Waals surface area contributed by atoms with E-state index < -0.39 is 0 Å². The van der Waals surface area contributed by atoms with Crippen molar-refractivity contribution in [3.8, 4) is 6.07 Å². The number of nitrogens with one attached hydrogen (secondary N) is 1. The maximum atomic E-state index is 11.8. The Labute approximate surface area is 114 Å². The molecule has 1 unspecified atom stereocenters. The Hall–Kier alpha value is -1.38. The van der Waals surface area contributed by atoms with Crippen molar-refractivity contribution in [2.45, 2.75) is 25.3 Å². The molecule has 0 spiro atoms. The molecule has 1 saturated carbocycles. The number of nitrogens with two attached hydrogens (primary N) is 1. The smallest absolute Gasteiger partial charge is 0.225 e. The van der Waals surface area contributed by atoms with Gasteiger partial charge in [0.1, 0.15) is 6.07 Å². The molecule has 0 saturated heterocycles. The highest BCUT2D eigenvalue weighted by Gasteiger charge is 2.29. The van der Waals surface area contributed by atoms with Crippen LogP contribution in [0.3, 0.4) is 0 Å². The van der Waals surface area contributed by atoms with Crippen LogP contribution in [-0.4, -0.2) is 11.9 Å². The topological polar surface area (TPSA) is 78.9 Å². The molecule has 1 aliphatic rings. The van der Waals surface area contributed by atoms with Crippen LogP contribution in [-0.2, 0) is 4.79 Å². The average molecular weight is 308 g/mol. The lowest BCUT2D eigenvalue weighted by atomic mass is 10.1. The van der Waals surface area contributed by atoms with Gasteiger partial charge in [0.25, 0.3) is 0 Å². The van der Waals surface area contributed by atoms with Gasteiger partial charge in [-0.25, -0.2) is 0 Å². The van der Waals surface area contributed by atoms with Crippen molar-refractivity contribution in [2.24, 2.45) is 11.7 Å². The van der Waals surface area contributed by atoms with Crippen LogP contribution >= 0.6 is 15.9 Å². The number of hydrogen-bond donors (Lipinski definition) is 2. The van der Waals surface area contributed by atoms with E-state index in [2.05, 4.69) is 21.2 Å². The summed E-state index contributed by atoms with van der Waals surface area (Å²) < 4.78 is 0.822. The van der Waals surface area contributed by atoms with E-state index in [-0.39, 0.29) is 11.9 Å². The second-order valence-electron chi connectivity index (χ2n) is 4.56. The van der Waals surface area contributed by atoms with Gasteiger partial charge in [-0.2, -0.15) is 5.26 Å². The molecule has 1 fully saturated rings. The molecule has 0 aromatic heterocycles.